The number of aliphatic carboxylic acids is 2. The SMILES string of the molecule is CNc1cncc(COc2cc(OCc3cccc(-c4cccc(-c5ccc6cc(CNC[C@@H](O)CC(=O)O)ccc6n5)c4C)c3C)c(Cl)cc2CNC[C@@H](O)CC(=O)O)c1. The number of anilines is 1. The van der Waals surface area contributed by atoms with Gasteiger partial charge in [-0.3, -0.25) is 14.6 Å². The molecular formula is C47H50ClN5O8. The van der Waals surface area contributed by atoms with Gasteiger partial charge in [0, 0.05) is 73.8 Å². The zero-order valence-electron chi connectivity index (χ0n) is 34.2. The summed E-state index contributed by atoms with van der Waals surface area (Å²) in [6.07, 6.45) is 0.758. The Kier molecular flexibility index (Phi) is 15.3. The Bertz CT molecular complexity index is 2500. The molecule has 0 spiro atoms. The van der Waals surface area contributed by atoms with E-state index in [9.17, 15) is 19.8 Å². The lowest BCUT2D eigenvalue weighted by molar-refractivity contribution is -0.140. The number of halogens is 1. The highest BCUT2D eigenvalue weighted by atomic mass is 35.5. The molecule has 0 fully saturated rings. The minimum absolute atomic E-state index is 0.0693. The highest BCUT2D eigenvalue weighted by molar-refractivity contribution is 6.32. The van der Waals surface area contributed by atoms with Gasteiger partial charge in [0.1, 0.15) is 24.7 Å². The van der Waals surface area contributed by atoms with E-state index in [0.717, 1.165) is 66.8 Å². The monoisotopic (exact) mass is 847 g/mol. The van der Waals surface area contributed by atoms with Crippen LogP contribution in [0, 0.1) is 13.8 Å². The molecule has 7 N–H and O–H groups in total. The van der Waals surface area contributed by atoms with Crippen LogP contribution in [0.3, 0.4) is 0 Å². The second kappa shape index (κ2) is 20.9. The first-order chi connectivity index (χ1) is 29.4. The predicted molar refractivity (Wildman–Crippen MR) is 236 cm³/mol. The number of pyridine rings is 2. The topological polar surface area (TPSA) is 195 Å². The van der Waals surface area contributed by atoms with Gasteiger partial charge in [-0.15, -0.1) is 0 Å². The van der Waals surface area contributed by atoms with Crippen molar-refractivity contribution >= 4 is 40.1 Å². The summed E-state index contributed by atoms with van der Waals surface area (Å²) in [6, 6.07) is 27.8. The van der Waals surface area contributed by atoms with Gasteiger partial charge >= 0.3 is 11.9 Å². The Morgan fingerprint density at radius 3 is 2.10 bits per heavy atom. The molecule has 0 saturated heterocycles. The molecule has 0 aliphatic heterocycles. The smallest absolute Gasteiger partial charge is 0.306 e. The number of carboxylic acids is 2. The van der Waals surface area contributed by atoms with Crippen LogP contribution in [-0.2, 0) is 35.9 Å². The molecule has 4 aromatic carbocycles. The third-order valence-corrected chi connectivity index (χ3v) is 10.6. The number of hydrogen-bond acceptors (Lipinski definition) is 11. The van der Waals surface area contributed by atoms with E-state index in [1.165, 1.54) is 0 Å². The van der Waals surface area contributed by atoms with Crippen molar-refractivity contribution in [2.75, 3.05) is 25.5 Å². The van der Waals surface area contributed by atoms with E-state index < -0.39 is 24.1 Å². The maximum Gasteiger partial charge on any atom is 0.306 e. The predicted octanol–water partition coefficient (Wildman–Crippen LogP) is 7.28. The minimum atomic E-state index is -1.08. The summed E-state index contributed by atoms with van der Waals surface area (Å²) < 4.78 is 12.7. The van der Waals surface area contributed by atoms with Gasteiger partial charge in [-0.1, -0.05) is 60.1 Å². The Balaban J connectivity index is 1.18. The molecule has 13 nitrogen and oxygen atoms in total. The summed E-state index contributed by atoms with van der Waals surface area (Å²) in [6.45, 7) is 5.63. The number of nitrogens with zero attached hydrogens (tertiary/aromatic N) is 2. The summed E-state index contributed by atoms with van der Waals surface area (Å²) in [5.41, 5.74) is 11.3. The maximum atomic E-state index is 11.0. The van der Waals surface area contributed by atoms with Crippen LogP contribution in [0.4, 0.5) is 5.69 Å². The van der Waals surface area contributed by atoms with Crippen LogP contribution in [0.1, 0.15) is 46.2 Å². The molecule has 2 aromatic heterocycles. The van der Waals surface area contributed by atoms with Crippen molar-refractivity contribution in [3.8, 4) is 33.9 Å². The molecule has 6 rings (SSSR count). The zero-order chi connectivity index (χ0) is 43.5. The fourth-order valence-corrected chi connectivity index (χ4v) is 7.30. The van der Waals surface area contributed by atoms with Gasteiger partial charge in [0.2, 0.25) is 0 Å². The number of hydrogen-bond donors (Lipinski definition) is 7. The first-order valence-corrected chi connectivity index (χ1v) is 20.3. The number of aliphatic hydroxyl groups excluding tert-OH is 2. The van der Waals surface area contributed by atoms with Crippen LogP contribution in [0.25, 0.3) is 33.3 Å². The minimum Gasteiger partial charge on any atom is -0.488 e. The molecule has 61 heavy (non-hydrogen) atoms. The van der Waals surface area contributed by atoms with Crippen LogP contribution in [0.15, 0.2) is 97.3 Å². The molecule has 0 saturated carbocycles. The molecule has 318 valence electrons. The first-order valence-electron chi connectivity index (χ1n) is 19.9. The molecule has 0 radical (unpaired) electrons. The van der Waals surface area contributed by atoms with Crippen LogP contribution in [0.5, 0.6) is 11.5 Å². The largest absolute Gasteiger partial charge is 0.488 e. The molecule has 0 bridgehead atoms. The van der Waals surface area contributed by atoms with Gasteiger partial charge in [0.25, 0.3) is 0 Å². The number of benzene rings is 4. The summed E-state index contributed by atoms with van der Waals surface area (Å²) in [5.74, 6) is -1.18. The average molecular weight is 848 g/mol. The molecular weight excluding hydrogens is 798 g/mol. The highest BCUT2D eigenvalue weighted by Crippen LogP contribution is 2.37. The van der Waals surface area contributed by atoms with Gasteiger partial charge in [-0.2, -0.15) is 0 Å². The average Bonchev–Trinajstić information content (AvgIpc) is 3.23. The molecule has 0 unspecified atom stereocenters. The number of nitrogens with one attached hydrogen (secondary N) is 3. The summed E-state index contributed by atoms with van der Waals surface area (Å²) in [7, 11) is 1.81. The van der Waals surface area contributed by atoms with Crippen LogP contribution in [0.2, 0.25) is 5.02 Å². The van der Waals surface area contributed by atoms with Gasteiger partial charge in [0.05, 0.1) is 47.0 Å². The number of aromatic nitrogens is 2. The van der Waals surface area contributed by atoms with Gasteiger partial charge < -0.3 is 45.9 Å². The van der Waals surface area contributed by atoms with Crippen LogP contribution >= 0.6 is 11.6 Å². The van der Waals surface area contributed by atoms with E-state index in [1.54, 1.807) is 24.5 Å². The Morgan fingerprint density at radius 2 is 1.38 bits per heavy atom. The summed E-state index contributed by atoms with van der Waals surface area (Å²) in [4.78, 5) is 31.1. The molecule has 0 aliphatic carbocycles. The third-order valence-electron chi connectivity index (χ3n) is 10.3. The molecule has 0 amide bonds. The van der Waals surface area contributed by atoms with Gasteiger partial charge in [0.15, 0.2) is 0 Å². The highest BCUT2D eigenvalue weighted by Gasteiger charge is 2.17. The number of carbonyl (C=O) groups is 2. The number of aliphatic hydroxyl groups is 2. The number of rotatable bonds is 21. The molecule has 14 heteroatoms. The Hall–Kier alpha value is -6.09. The van der Waals surface area contributed by atoms with E-state index in [4.69, 9.17) is 36.3 Å². The quantitative estimate of drug-likeness (QED) is 0.0382. The number of fused-ring (bicyclic) bond motifs is 1. The summed E-state index contributed by atoms with van der Waals surface area (Å²) in [5, 5.41) is 48.5. The molecule has 2 atom stereocenters. The lowest BCUT2D eigenvalue weighted by Crippen LogP contribution is -2.28. The zero-order valence-corrected chi connectivity index (χ0v) is 35.0. The second-order valence-electron chi connectivity index (χ2n) is 14.9. The van der Waals surface area contributed by atoms with Crippen molar-refractivity contribution in [1.29, 1.82) is 0 Å². The van der Waals surface area contributed by atoms with Crippen molar-refractivity contribution in [2.24, 2.45) is 0 Å². The summed E-state index contributed by atoms with van der Waals surface area (Å²) >= 11 is 6.80. The Labute approximate surface area is 359 Å². The lowest BCUT2D eigenvalue weighted by Gasteiger charge is -2.18. The second-order valence-corrected chi connectivity index (χ2v) is 15.3. The van der Waals surface area contributed by atoms with Crippen molar-refractivity contribution < 1.29 is 39.5 Å². The van der Waals surface area contributed by atoms with Gasteiger partial charge in [-0.05, 0) is 77.6 Å². The molecule has 6 aromatic rings. The van der Waals surface area contributed by atoms with Crippen LogP contribution in [-0.4, -0.2) is 74.7 Å². The van der Waals surface area contributed by atoms with E-state index in [-0.39, 0.29) is 45.7 Å². The van der Waals surface area contributed by atoms with E-state index in [1.807, 2.05) is 61.6 Å². The van der Waals surface area contributed by atoms with Crippen molar-refractivity contribution in [1.82, 2.24) is 20.6 Å². The van der Waals surface area contributed by atoms with Gasteiger partial charge in [-0.25, -0.2) is 4.98 Å². The van der Waals surface area contributed by atoms with E-state index >= 15 is 0 Å². The fraction of sp³-hybridized carbons (Fsp3) is 0.277. The van der Waals surface area contributed by atoms with E-state index in [0.29, 0.717) is 28.6 Å². The number of ether oxygens (including phenoxy) is 2. The molecule has 0 aliphatic rings. The van der Waals surface area contributed by atoms with E-state index in [2.05, 4.69) is 53.0 Å². The van der Waals surface area contributed by atoms with Crippen molar-refractivity contribution in [3.63, 3.8) is 0 Å². The Morgan fingerprint density at radius 1 is 0.705 bits per heavy atom. The van der Waals surface area contributed by atoms with Crippen LogP contribution < -0.4 is 25.4 Å². The maximum absolute atomic E-state index is 11.0. The molecule has 2 heterocycles. The van der Waals surface area contributed by atoms with Crippen molar-refractivity contribution in [2.45, 2.75) is 65.2 Å². The first kappa shape index (κ1) is 44.5. The fourth-order valence-electron chi connectivity index (χ4n) is 7.05. The lowest BCUT2D eigenvalue weighted by atomic mass is 9.90. The number of carboxylic acid groups (broad SMARTS) is 2. The standard InChI is InChI=1S/C47H50ClN5O8/c1-28-33(27-61-45-19-44(60-26-31-15-35(49-3)23-50-21-31)34(16-41(45)48)22-52-25-37(55)18-47(58)59)6-4-7-38(28)39-8-5-9-40(29(39)2)43-13-11-32-14-30(10-12-42(32)53-43)20-51-24-36(54)17-46(56)57/h4-16,19,21,23,36-37,49,51-52,54-55H,17-18,20,22,24-27H2,1-3H3,(H,56,57)(H,58,59)/t36-,37-/m0/s1. The third kappa shape index (κ3) is 12.0. The van der Waals surface area contributed by atoms with Crippen molar-refractivity contribution in [3.05, 3.63) is 136 Å². The normalized spacial score (nSPS) is 12.2.